The lowest BCUT2D eigenvalue weighted by molar-refractivity contribution is 0.586. The topological polar surface area (TPSA) is 34.1 Å². The summed E-state index contributed by atoms with van der Waals surface area (Å²) in [7, 11) is -2.53. The minimum absolute atomic E-state index is 0.0130. The van der Waals surface area contributed by atoms with E-state index in [1.807, 2.05) is 39.8 Å². The standard InChI is InChI=1S/C24H34O2S2/c1-15-11-19(23(5,6)7)12-16(2)21(15)27-28(25,26)22-17(3)13-20(14-18(22)4)24(8,9)10/h11-14H,1-10H3. The lowest BCUT2D eigenvalue weighted by atomic mass is 9.85. The van der Waals surface area contributed by atoms with Crippen LogP contribution in [0, 0.1) is 27.7 Å². The molecule has 0 amide bonds. The summed E-state index contributed by atoms with van der Waals surface area (Å²) < 4.78 is 26.7. The largest absolute Gasteiger partial charge is 0.235 e. The van der Waals surface area contributed by atoms with E-state index in [2.05, 4.69) is 53.7 Å². The molecule has 28 heavy (non-hydrogen) atoms. The Hall–Kier alpha value is -1.26. The number of rotatable bonds is 3. The Kier molecular flexibility index (Phi) is 6.19. The van der Waals surface area contributed by atoms with E-state index < -0.39 is 8.87 Å². The second-order valence-corrected chi connectivity index (χ2v) is 13.6. The minimum atomic E-state index is -3.51. The molecule has 2 rings (SSSR count). The molecule has 0 aromatic heterocycles. The Labute approximate surface area is 175 Å². The highest BCUT2D eigenvalue weighted by atomic mass is 33.1. The van der Waals surface area contributed by atoms with Crippen LogP contribution in [0.25, 0.3) is 0 Å². The van der Waals surface area contributed by atoms with E-state index in [4.69, 9.17) is 0 Å². The molecule has 0 heterocycles. The fourth-order valence-electron chi connectivity index (χ4n) is 3.44. The summed E-state index contributed by atoms with van der Waals surface area (Å²) in [4.78, 5) is 1.29. The average molecular weight is 419 g/mol. The summed E-state index contributed by atoms with van der Waals surface area (Å²) in [6.45, 7) is 20.8. The molecule has 0 unspecified atom stereocenters. The molecular formula is C24H34O2S2. The SMILES string of the molecule is Cc1cc(C(C)(C)C)cc(C)c1SS(=O)(=O)c1c(C)cc(C(C)(C)C)cc1C. The van der Waals surface area contributed by atoms with Crippen LogP contribution in [0.4, 0.5) is 0 Å². The van der Waals surface area contributed by atoms with Crippen LogP contribution >= 0.6 is 10.8 Å². The molecule has 0 aliphatic carbocycles. The first-order valence-corrected chi connectivity index (χ1v) is 12.5. The number of hydrogen-bond acceptors (Lipinski definition) is 3. The van der Waals surface area contributed by atoms with Gasteiger partial charge >= 0.3 is 0 Å². The van der Waals surface area contributed by atoms with Crippen molar-refractivity contribution in [3.8, 4) is 0 Å². The third-order valence-electron chi connectivity index (χ3n) is 5.10. The first kappa shape index (κ1) is 23.0. The van der Waals surface area contributed by atoms with Crippen molar-refractivity contribution in [3.63, 3.8) is 0 Å². The maximum Gasteiger partial charge on any atom is 0.235 e. The van der Waals surface area contributed by atoms with E-state index in [0.29, 0.717) is 4.90 Å². The van der Waals surface area contributed by atoms with E-state index in [9.17, 15) is 8.42 Å². The van der Waals surface area contributed by atoms with Gasteiger partial charge in [0, 0.05) is 15.7 Å². The fraction of sp³-hybridized carbons (Fsp3) is 0.500. The summed E-state index contributed by atoms with van der Waals surface area (Å²) >= 11 is 0. The third kappa shape index (κ3) is 4.83. The monoisotopic (exact) mass is 418 g/mol. The van der Waals surface area contributed by atoms with Crippen LogP contribution in [0.2, 0.25) is 0 Å². The van der Waals surface area contributed by atoms with Crippen LogP contribution in [-0.4, -0.2) is 8.42 Å². The van der Waals surface area contributed by atoms with Gasteiger partial charge < -0.3 is 0 Å². The van der Waals surface area contributed by atoms with Crippen LogP contribution in [0.3, 0.4) is 0 Å². The summed E-state index contributed by atoms with van der Waals surface area (Å²) in [5, 5.41) is 0. The Bertz CT molecular complexity index is 956. The Balaban J connectivity index is 2.54. The van der Waals surface area contributed by atoms with E-state index in [-0.39, 0.29) is 10.8 Å². The molecule has 2 aromatic carbocycles. The third-order valence-corrected chi connectivity index (χ3v) is 8.93. The lowest BCUT2D eigenvalue weighted by Gasteiger charge is -2.23. The normalized spacial score (nSPS) is 13.1. The van der Waals surface area contributed by atoms with Gasteiger partial charge in [0.15, 0.2) is 0 Å². The molecule has 2 aromatic rings. The van der Waals surface area contributed by atoms with Gasteiger partial charge in [0.1, 0.15) is 0 Å². The van der Waals surface area contributed by atoms with E-state index in [1.54, 1.807) is 0 Å². The highest BCUT2D eigenvalue weighted by molar-refractivity contribution is 8.72. The van der Waals surface area contributed by atoms with Crippen molar-refractivity contribution >= 4 is 19.7 Å². The molecule has 0 saturated heterocycles. The molecule has 0 fully saturated rings. The van der Waals surface area contributed by atoms with Crippen LogP contribution < -0.4 is 0 Å². The average Bonchev–Trinajstić information content (AvgIpc) is 2.47. The van der Waals surface area contributed by atoms with Crippen LogP contribution in [0.1, 0.15) is 74.9 Å². The highest BCUT2D eigenvalue weighted by Gasteiger charge is 2.26. The summed E-state index contributed by atoms with van der Waals surface area (Å²) in [6, 6.07) is 8.27. The fourth-order valence-corrected chi connectivity index (χ4v) is 7.52. The van der Waals surface area contributed by atoms with Gasteiger partial charge in [-0.25, -0.2) is 8.42 Å². The summed E-state index contributed by atoms with van der Waals surface area (Å²) in [5.74, 6) is 0. The molecular weight excluding hydrogens is 384 g/mol. The van der Waals surface area contributed by atoms with Gasteiger partial charge in [0.25, 0.3) is 0 Å². The van der Waals surface area contributed by atoms with Crippen molar-refractivity contribution in [2.24, 2.45) is 0 Å². The van der Waals surface area contributed by atoms with Crippen molar-refractivity contribution in [1.82, 2.24) is 0 Å². The molecule has 0 aliphatic heterocycles. The Morgan fingerprint density at radius 1 is 0.643 bits per heavy atom. The van der Waals surface area contributed by atoms with Crippen molar-refractivity contribution < 1.29 is 8.42 Å². The first-order chi connectivity index (χ1) is 12.5. The zero-order valence-electron chi connectivity index (χ0n) is 18.9. The van der Waals surface area contributed by atoms with Gasteiger partial charge in [-0.1, -0.05) is 65.8 Å². The van der Waals surface area contributed by atoms with E-state index in [1.165, 1.54) is 5.56 Å². The Morgan fingerprint density at radius 2 is 0.964 bits per heavy atom. The Morgan fingerprint density at radius 3 is 1.29 bits per heavy atom. The van der Waals surface area contributed by atoms with Gasteiger partial charge in [-0.15, -0.1) is 0 Å². The number of benzene rings is 2. The molecule has 0 spiro atoms. The van der Waals surface area contributed by atoms with Crippen molar-refractivity contribution in [2.45, 2.75) is 89.9 Å². The van der Waals surface area contributed by atoms with E-state index in [0.717, 1.165) is 43.5 Å². The predicted octanol–water partition coefficient (Wildman–Crippen LogP) is 7.00. The quantitative estimate of drug-likeness (QED) is 0.503. The van der Waals surface area contributed by atoms with Gasteiger partial charge in [-0.3, -0.25) is 0 Å². The lowest BCUT2D eigenvalue weighted by Crippen LogP contribution is -2.14. The molecule has 0 aliphatic rings. The van der Waals surface area contributed by atoms with E-state index >= 15 is 0 Å². The molecule has 154 valence electrons. The first-order valence-electron chi connectivity index (χ1n) is 9.72. The molecule has 0 N–H and O–H groups in total. The molecule has 0 saturated carbocycles. The van der Waals surface area contributed by atoms with Crippen molar-refractivity contribution in [1.29, 1.82) is 0 Å². The second kappa shape index (κ2) is 7.53. The molecule has 2 nitrogen and oxygen atoms in total. The number of hydrogen-bond donors (Lipinski definition) is 0. The predicted molar refractivity (Wildman–Crippen MR) is 122 cm³/mol. The minimum Gasteiger partial charge on any atom is -0.212 e. The van der Waals surface area contributed by atoms with Gasteiger partial charge in [-0.05, 0) is 71.9 Å². The summed E-state index contributed by atoms with van der Waals surface area (Å²) in [6.07, 6.45) is 0. The van der Waals surface area contributed by atoms with Gasteiger partial charge in [-0.2, -0.15) is 0 Å². The van der Waals surface area contributed by atoms with Crippen LogP contribution in [-0.2, 0) is 19.7 Å². The van der Waals surface area contributed by atoms with Crippen molar-refractivity contribution in [2.75, 3.05) is 0 Å². The molecule has 0 bridgehead atoms. The van der Waals surface area contributed by atoms with Crippen molar-refractivity contribution in [3.05, 3.63) is 57.6 Å². The zero-order chi connectivity index (χ0) is 21.7. The number of aryl methyl sites for hydroxylation is 4. The second-order valence-electron chi connectivity index (χ2n) is 9.92. The van der Waals surface area contributed by atoms with Crippen LogP contribution in [0.5, 0.6) is 0 Å². The zero-order valence-corrected chi connectivity index (χ0v) is 20.6. The molecule has 0 atom stereocenters. The van der Waals surface area contributed by atoms with Gasteiger partial charge in [0.05, 0.1) is 4.90 Å². The highest BCUT2D eigenvalue weighted by Crippen LogP contribution is 2.40. The molecule has 4 heteroatoms. The molecule has 0 radical (unpaired) electrons. The van der Waals surface area contributed by atoms with Gasteiger partial charge in [0.2, 0.25) is 8.87 Å². The smallest absolute Gasteiger partial charge is 0.212 e. The maximum atomic E-state index is 13.4. The van der Waals surface area contributed by atoms with Crippen LogP contribution in [0.15, 0.2) is 34.1 Å². The maximum absolute atomic E-state index is 13.4. The summed E-state index contributed by atoms with van der Waals surface area (Å²) in [5.41, 5.74) is 6.08.